The topological polar surface area (TPSA) is 34.1 Å². The molecule has 2 fully saturated rings. The second-order valence-corrected chi connectivity index (χ2v) is 5.83. The smallest absolute Gasteiger partial charge is 0.261 e. The Labute approximate surface area is 106 Å². The first kappa shape index (κ1) is 13.6. The largest absolute Gasteiger partial charge is 0.304 e. The van der Waals surface area contributed by atoms with Gasteiger partial charge in [-0.1, -0.05) is 0 Å². The second kappa shape index (κ2) is 5.89. The van der Waals surface area contributed by atoms with Crippen LogP contribution in [0.3, 0.4) is 0 Å². The van der Waals surface area contributed by atoms with E-state index in [1.807, 2.05) is 0 Å². The average Bonchev–Trinajstić information content (AvgIpc) is 2.39. The lowest BCUT2D eigenvalue weighted by atomic mass is 9.69. The van der Waals surface area contributed by atoms with Crippen LogP contribution in [0.15, 0.2) is 0 Å². The quantitative estimate of drug-likeness (QED) is 0.725. The molecule has 0 bridgehead atoms. The van der Waals surface area contributed by atoms with Crippen LogP contribution < -0.4 is 0 Å². The summed E-state index contributed by atoms with van der Waals surface area (Å²) >= 11 is 0. The van der Waals surface area contributed by atoms with Crippen molar-refractivity contribution in [2.24, 2.45) is 23.7 Å². The Balaban J connectivity index is 1.78. The molecule has 18 heavy (non-hydrogen) atoms. The molecular formula is C14H20F2O2. The fourth-order valence-electron chi connectivity index (χ4n) is 3.64. The Morgan fingerprint density at radius 1 is 0.611 bits per heavy atom. The highest BCUT2D eigenvalue weighted by Gasteiger charge is 2.34. The summed E-state index contributed by atoms with van der Waals surface area (Å²) in [6.07, 6.45) is 6.23. The highest BCUT2D eigenvalue weighted by Crippen LogP contribution is 2.41. The molecule has 0 aliphatic heterocycles. The van der Waals surface area contributed by atoms with Crippen molar-refractivity contribution in [2.75, 3.05) is 0 Å². The van der Waals surface area contributed by atoms with Gasteiger partial charge in [-0.15, -0.1) is 0 Å². The molecule has 2 aliphatic carbocycles. The third-order valence-corrected chi connectivity index (χ3v) is 4.85. The lowest BCUT2D eigenvalue weighted by Crippen LogP contribution is -2.28. The summed E-state index contributed by atoms with van der Waals surface area (Å²) in [7, 11) is 0. The second-order valence-electron chi connectivity index (χ2n) is 5.83. The molecule has 0 heterocycles. The van der Waals surface area contributed by atoms with Crippen molar-refractivity contribution < 1.29 is 18.4 Å². The van der Waals surface area contributed by atoms with Gasteiger partial charge in [-0.25, -0.2) is 0 Å². The number of halogens is 2. The lowest BCUT2D eigenvalue weighted by molar-refractivity contribution is -0.136. The average molecular weight is 258 g/mol. The zero-order valence-electron chi connectivity index (χ0n) is 10.5. The zero-order valence-corrected chi connectivity index (χ0v) is 10.5. The number of hydrogen-bond acceptors (Lipinski definition) is 2. The van der Waals surface area contributed by atoms with Gasteiger partial charge < -0.3 is 0 Å². The van der Waals surface area contributed by atoms with Gasteiger partial charge in [0.25, 0.3) is 0 Å². The SMILES string of the molecule is O=C(F)C1CCC(C2CCC(C(=O)F)CC2)CC1. The maximum atomic E-state index is 12.6. The molecule has 0 spiro atoms. The normalized spacial score (nSPS) is 37.2. The van der Waals surface area contributed by atoms with Gasteiger partial charge in [0, 0.05) is 11.8 Å². The van der Waals surface area contributed by atoms with Gasteiger partial charge in [-0.3, -0.25) is 9.59 Å². The summed E-state index contributed by atoms with van der Waals surface area (Å²) in [6.45, 7) is 0. The van der Waals surface area contributed by atoms with Crippen molar-refractivity contribution in [3.8, 4) is 0 Å². The zero-order chi connectivity index (χ0) is 13.1. The molecule has 0 aromatic carbocycles. The van der Waals surface area contributed by atoms with Gasteiger partial charge in [0.05, 0.1) is 0 Å². The molecule has 2 rings (SSSR count). The van der Waals surface area contributed by atoms with E-state index in [4.69, 9.17) is 0 Å². The number of hydrogen-bond donors (Lipinski definition) is 0. The molecule has 0 N–H and O–H groups in total. The van der Waals surface area contributed by atoms with E-state index >= 15 is 0 Å². The molecule has 0 aromatic heterocycles. The Kier molecular flexibility index (Phi) is 4.46. The van der Waals surface area contributed by atoms with Crippen LogP contribution in [-0.2, 0) is 9.59 Å². The highest BCUT2D eigenvalue weighted by molar-refractivity contribution is 5.71. The van der Waals surface area contributed by atoms with Gasteiger partial charge in [-0.05, 0) is 63.2 Å². The molecule has 2 saturated carbocycles. The van der Waals surface area contributed by atoms with Crippen LogP contribution in [0.1, 0.15) is 51.4 Å². The van der Waals surface area contributed by atoms with E-state index in [0.29, 0.717) is 37.5 Å². The standard InChI is InChI=1S/C14H20F2O2/c15-13(17)11-5-1-9(2-6-11)10-3-7-12(8-4-10)14(16)18/h9-12H,1-8H2. The van der Waals surface area contributed by atoms with E-state index in [2.05, 4.69) is 0 Å². The molecule has 102 valence electrons. The Morgan fingerprint density at radius 3 is 1.11 bits per heavy atom. The molecule has 4 heteroatoms. The summed E-state index contributed by atoms with van der Waals surface area (Å²) in [5, 5.41) is 0. The van der Waals surface area contributed by atoms with Crippen molar-refractivity contribution in [3.63, 3.8) is 0 Å². The van der Waals surface area contributed by atoms with E-state index in [-0.39, 0.29) is 11.8 Å². The highest BCUT2D eigenvalue weighted by atomic mass is 19.1. The molecule has 0 aromatic rings. The third-order valence-electron chi connectivity index (χ3n) is 4.85. The molecule has 2 nitrogen and oxygen atoms in total. The predicted octanol–water partition coefficient (Wildman–Crippen LogP) is 3.59. The van der Waals surface area contributed by atoms with Crippen molar-refractivity contribution >= 4 is 12.1 Å². The van der Waals surface area contributed by atoms with Crippen LogP contribution in [0.25, 0.3) is 0 Å². The molecular weight excluding hydrogens is 238 g/mol. The first-order valence-corrected chi connectivity index (χ1v) is 6.96. The molecule has 0 unspecified atom stereocenters. The molecule has 0 radical (unpaired) electrons. The fourth-order valence-corrected chi connectivity index (χ4v) is 3.64. The van der Waals surface area contributed by atoms with Crippen LogP contribution in [0, 0.1) is 23.7 Å². The first-order chi connectivity index (χ1) is 8.58. The van der Waals surface area contributed by atoms with Crippen LogP contribution in [0.5, 0.6) is 0 Å². The summed E-state index contributed by atoms with van der Waals surface area (Å²) < 4.78 is 25.2. The van der Waals surface area contributed by atoms with E-state index in [9.17, 15) is 18.4 Å². The minimum Gasteiger partial charge on any atom is -0.261 e. The van der Waals surface area contributed by atoms with Crippen molar-refractivity contribution in [1.82, 2.24) is 0 Å². The first-order valence-electron chi connectivity index (χ1n) is 6.96. The lowest BCUT2D eigenvalue weighted by Gasteiger charge is -2.36. The predicted molar refractivity (Wildman–Crippen MR) is 63.1 cm³/mol. The molecule has 0 saturated heterocycles. The van der Waals surface area contributed by atoms with Gasteiger partial charge in [0.2, 0.25) is 0 Å². The fraction of sp³-hybridized carbons (Fsp3) is 0.857. The summed E-state index contributed by atoms with van der Waals surface area (Å²) in [5.74, 6) is 0.308. The monoisotopic (exact) mass is 258 g/mol. The molecule has 2 aliphatic rings. The Morgan fingerprint density at radius 2 is 0.889 bits per heavy atom. The minimum atomic E-state index is -1.17. The van der Waals surface area contributed by atoms with Crippen molar-refractivity contribution in [2.45, 2.75) is 51.4 Å². The number of rotatable bonds is 3. The molecule has 0 atom stereocenters. The maximum Gasteiger partial charge on any atom is 0.304 e. The third kappa shape index (κ3) is 3.15. The van der Waals surface area contributed by atoms with Crippen molar-refractivity contribution in [1.29, 1.82) is 0 Å². The van der Waals surface area contributed by atoms with E-state index < -0.39 is 12.1 Å². The van der Waals surface area contributed by atoms with E-state index in [0.717, 1.165) is 25.7 Å². The number of carbonyl (C=O) groups is 2. The van der Waals surface area contributed by atoms with Gasteiger partial charge in [0.1, 0.15) is 0 Å². The summed E-state index contributed by atoms with van der Waals surface area (Å²) in [4.78, 5) is 21.3. The molecule has 0 amide bonds. The van der Waals surface area contributed by atoms with Crippen LogP contribution >= 0.6 is 0 Å². The van der Waals surface area contributed by atoms with E-state index in [1.54, 1.807) is 0 Å². The van der Waals surface area contributed by atoms with Crippen LogP contribution in [0.2, 0.25) is 0 Å². The Hall–Kier alpha value is -0.800. The van der Waals surface area contributed by atoms with Gasteiger partial charge in [-0.2, -0.15) is 8.78 Å². The van der Waals surface area contributed by atoms with Gasteiger partial charge in [0.15, 0.2) is 0 Å². The number of carbonyl (C=O) groups excluding carboxylic acids is 2. The van der Waals surface area contributed by atoms with Crippen LogP contribution in [0.4, 0.5) is 8.78 Å². The van der Waals surface area contributed by atoms with Crippen molar-refractivity contribution in [3.05, 3.63) is 0 Å². The summed E-state index contributed by atoms with van der Waals surface area (Å²) in [6, 6.07) is -2.33. The Bertz CT molecular complexity index is 282. The van der Waals surface area contributed by atoms with Crippen LogP contribution in [-0.4, -0.2) is 12.1 Å². The minimum absolute atomic E-state index is 0.384. The van der Waals surface area contributed by atoms with Gasteiger partial charge >= 0.3 is 12.1 Å². The summed E-state index contributed by atoms with van der Waals surface area (Å²) in [5.41, 5.74) is 0. The van der Waals surface area contributed by atoms with E-state index in [1.165, 1.54) is 0 Å². The maximum absolute atomic E-state index is 12.6.